The molecule has 2 aromatic rings. The third-order valence-electron chi connectivity index (χ3n) is 5.84. The fraction of sp³-hybridized carbons (Fsp3) is 0.455. The lowest BCUT2D eigenvalue weighted by atomic mass is 9.93. The molecule has 1 saturated carbocycles. The average molecular weight is 431 g/mol. The number of carbonyl (C=O) groups is 1. The lowest BCUT2D eigenvalue weighted by molar-refractivity contribution is 0.0841. The minimum atomic E-state index is -0.683. The van der Waals surface area contributed by atoms with E-state index in [-0.39, 0.29) is 18.2 Å². The van der Waals surface area contributed by atoms with Crippen LogP contribution < -0.4 is 10.6 Å². The number of hydrogen-bond acceptors (Lipinski definition) is 6. The maximum absolute atomic E-state index is 12.5. The number of benzene rings is 1. The summed E-state index contributed by atoms with van der Waals surface area (Å²) in [6.45, 7) is 2.01. The number of fused-ring (bicyclic) bond motifs is 1. The van der Waals surface area contributed by atoms with Crippen molar-refractivity contribution in [1.82, 2.24) is 15.2 Å². The summed E-state index contributed by atoms with van der Waals surface area (Å²) in [5, 5.41) is 26.7. The monoisotopic (exact) mass is 430 g/mol. The number of halogens is 1. The van der Waals surface area contributed by atoms with Gasteiger partial charge >= 0.3 is 0 Å². The van der Waals surface area contributed by atoms with Crippen molar-refractivity contribution in [2.75, 3.05) is 25.0 Å². The van der Waals surface area contributed by atoms with Gasteiger partial charge in [0.15, 0.2) is 0 Å². The minimum absolute atomic E-state index is 0.105. The van der Waals surface area contributed by atoms with E-state index in [1.54, 1.807) is 24.4 Å². The highest BCUT2D eigenvalue weighted by atomic mass is 35.5. The van der Waals surface area contributed by atoms with Gasteiger partial charge < -0.3 is 20.8 Å². The van der Waals surface area contributed by atoms with Crippen LogP contribution in [0.25, 0.3) is 0 Å². The third kappa shape index (κ3) is 4.86. The zero-order valence-electron chi connectivity index (χ0n) is 16.8. The molecule has 0 bridgehead atoms. The van der Waals surface area contributed by atoms with Gasteiger partial charge in [0.25, 0.3) is 5.91 Å². The van der Waals surface area contributed by atoms with E-state index in [4.69, 9.17) is 11.6 Å². The number of anilines is 1. The van der Waals surface area contributed by atoms with Gasteiger partial charge in [-0.2, -0.15) is 0 Å². The Kier molecular flexibility index (Phi) is 6.41. The molecule has 1 aliphatic heterocycles. The molecule has 2 heterocycles. The average Bonchev–Trinajstić information content (AvgIpc) is 2.72. The number of aromatic hydroxyl groups is 1. The van der Waals surface area contributed by atoms with Gasteiger partial charge in [0.1, 0.15) is 11.6 Å². The molecule has 4 rings (SSSR count). The van der Waals surface area contributed by atoms with E-state index >= 15 is 0 Å². The number of rotatable bonds is 7. The molecule has 1 amide bonds. The number of aliphatic hydroxyl groups is 1. The number of phenols is 1. The van der Waals surface area contributed by atoms with Crippen LogP contribution in [0.1, 0.15) is 40.7 Å². The van der Waals surface area contributed by atoms with Gasteiger partial charge in [-0.1, -0.05) is 17.7 Å². The summed E-state index contributed by atoms with van der Waals surface area (Å²) < 4.78 is 0. The van der Waals surface area contributed by atoms with E-state index in [0.717, 1.165) is 36.9 Å². The largest absolute Gasteiger partial charge is 0.506 e. The van der Waals surface area contributed by atoms with Gasteiger partial charge in [0, 0.05) is 44.0 Å². The quantitative estimate of drug-likeness (QED) is 0.539. The molecule has 30 heavy (non-hydrogen) atoms. The molecule has 160 valence electrons. The molecule has 4 N–H and O–H groups in total. The third-order valence-corrected chi connectivity index (χ3v) is 6.26. The molecule has 8 heteroatoms. The van der Waals surface area contributed by atoms with Gasteiger partial charge in [0.2, 0.25) is 0 Å². The molecule has 0 radical (unpaired) electrons. The van der Waals surface area contributed by atoms with Crippen molar-refractivity contribution in [3.05, 3.63) is 52.2 Å². The molecular weight excluding hydrogens is 404 g/mol. The van der Waals surface area contributed by atoms with Crippen LogP contribution in [0.15, 0.2) is 30.5 Å². The van der Waals surface area contributed by atoms with Crippen LogP contribution in [0.5, 0.6) is 5.75 Å². The van der Waals surface area contributed by atoms with E-state index in [1.165, 1.54) is 6.42 Å². The minimum Gasteiger partial charge on any atom is -0.506 e. The Bertz CT molecular complexity index is 919. The molecule has 1 aliphatic carbocycles. The summed E-state index contributed by atoms with van der Waals surface area (Å²) in [6.07, 6.45) is 5.17. The Morgan fingerprint density at radius 2 is 2.17 bits per heavy atom. The molecule has 7 nitrogen and oxygen atoms in total. The number of aliphatic hydroxyl groups excluding tert-OH is 1. The van der Waals surface area contributed by atoms with Crippen molar-refractivity contribution in [3.63, 3.8) is 0 Å². The lowest BCUT2D eigenvalue weighted by Gasteiger charge is -2.31. The lowest BCUT2D eigenvalue weighted by Crippen LogP contribution is -2.42. The molecule has 2 aliphatic rings. The second-order valence-corrected chi connectivity index (χ2v) is 8.47. The Balaban J connectivity index is 1.26. The van der Waals surface area contributed by atoms with Crippen LogP contribution in [0.3, 0.4) is 0 Å². The van der Waals surface area contributed by atoms with Gasteiger partial charge in [-0.25, -0.2) is 4.98 Å². The van der Waals surface area contributed by atoms with Crippen molar-refractivity contribution < 1.29 is 15.0 Å². The zero-order valence-corrected chi connectivity index (χ0v) is 17.5. The molecule has 0 saturated heterocycles. The molecule has 1 aromatic carbocycles. The standard InChI is InChI=1S/C22H27ClN4O3/c23-21-18-7-9-27(12-15(18)4-5-19(21)29)13-17(28)11-25-22(30)14-6-8-24-20(10-14)26-16-2-1-3-16/h4-6,8,10,16-17,28-29H,1-3,7,9,11-13H2,(H,24,26)(H,25,30)/t17-/m0/s1. The summed E-state index contributed by atoms with van der Waals surface area (Å²) in [6, 6.07) is 7.35. The van der Waals surface area contributed by atoms with E-state index in [0.29, 0.717) is 35.5 Å². The maximum atomic E-state index is 12.5. The smallest absolute Gasteiger partial charge is 0.251 e. The van der Waals surface area contributed by atoms with E-state index < -0.39 is 6.10 Å². The first kappa shape index (κ1) is 20.9. The van der Waals surface area contributed by atoms with Crippen LogP contribution in [-0.4, -0.2) is 57.8 Å². The molecule has 0 unspecified atom stereocenters. The van der Waals surface area contributed by atoms with Crippen molar-refractivity contribution in [1.29, 1.82) is 0 Å². The van der Waals surface area contributed by atoms with E-state index in [1.807, 2.05) is 6.07 Å². The summed E-state index contributed by atoms with van der Waals surface area (Å²) >= 11 is 6.18. The topological polar surface area (TPSA) is 97.7 Å². The first-order valence-corrected chi connectivity index (χ1v) is 10.8. The van der Waals surface area contributed by atoms with Gasteiger partial charge in [-0.3, -0.25) is 9.69 Å². The Hall–Kier alpha value is -2.35. The zero-order chi connectivity index (χ0) is 21.1. The molecule has 1 atom stereocenters. The number of amides is 1. The first-order valence-electron chi connectivity index (χ1n) is 10.4. The summed E-state index contributed by atoms with van der Waals surface area (Å²) in [5.74, 6) is 0.595. The normalized spacial score (nSPS) is 17.7. The second kappa shape index (κ2) is 9.20. The number of aromatic nitrogens is 1. The number of pyridine rings is 1. The summed E-state index contributed by atoms with van der Waals surface area (Å²) in [4.78, 5) is 18.9. The van der Waals surface area contributed by atoms with Crippen LogP contribution in [-0.2, 0) is 13.0 Å². The predicted molar refractivity (Wildman–Crippen MR) is 116 cm³/mol. The van der Waals surface area contributed by atoms with Crippen molar-refractivity contribution in [2.45, 2.75) is 44.4 Å². The Labute approximate surface area is 181 Å². The van der Waals surface area contributed by atoms with Crippen LogP contribution in [0.2, 0.25) is 5.02 Å². The number of hydrogen-bond donors (Lipinski definition) is 4. The number of nitrogens with one attached hydrogen (secondary N) is 2. The number of phenolic OH excluding ortho intramolecular Hbond substituents is 1. The predicted octanol–water partition coefficient (Wildman–Crippen LogP) is 2.55. The second-order valence-electron chi connectivity index (χ2n) is 8.09. The van der Waals surface area contributed by atoms with Crippen molar-refractivity contribution in [2.24, 2.45) is 0 Å². The van der Waals surface area contributed by atoms with Gasteiger partial charge in [-0.05, 0) is 55.0 Å². The highest BCUT2D eigenvalue weighted by Gasteiger charge is 2.22. The van der Waals surface area contributed by atoms with Crippen LogP contribution in [0, 0.1) is 0 Å². The Morgan fingerprint density at radius 3 is 2.93 bits per heavy atom. The molecule has 0 spiro atoms. The fourth-order valence-corrected chi connectivity index (χ4v) is 4.18. The molecule has 1 aromatic heterocycles. The molecule has 1 fully saturated rings. The van der Waals surface area contributed by atoms with Crippen molar-refractivity contribution in [3.8, 4) is 5.75 Å². The highest BCUT2D eigenvalue weighted by molar-refractivity contribution is 6.32. The number of nitrogens with zero attached hydrogens (tertiary/aromatic N) is 2. The Morgan fingerprint density at radius 1 is 1.33 bits per heavy atom. The summed E-state index contributed by atoms with van der Waals surface area (Å²) in [5.41, 5.74) is 2.56. The van der Waals surface area contributed by atoms with Crippen LogP contribution in [0.4, 0.5) is 5.82 Å². The summed E-state index contributed by atoms with van der Waals surface area (Å²) in [7, 11) is 0. The van der Waals surface area contributed by atoms with Gasteiger partial charge in [-0.15, -0.1) is 0 Å². The maximum Gasteiger partial charge on any atom is 0.251 e. The van der Waals surface area contributed by atoms with Gasteiger partial charge in [0.05, 0.1) is 11.1 Å². The number of β-amino-alcohol motifs (C(OH)–C–C–N with tert-alkyl or cyclic N) is 1. The number of carbonyl (C=O) groups excluding carboxylic acids is 1. The molecular formula is C22H27ClN4O3. The highest BCUT2D eigenvalue weighted by Crippen LogP contribution is 2.33. The SMILES string of the molecule is O=C(NC[C@H](O)CN1CCc2c(ccc(O)c2Cl)C1)c1ccnc(NC2CCC2)c1. The van der Waals surface area contributed by atoms with Crippen molar-refractivity contribution >= 4 is 23.3 Å². The van der Waals surface area contributed by atoms with E-state index in [2.05, 4.69) is 20.5 Å². The van der Waals surface area contributed by atoms with Crippen LogP contribution >= 0.6 is 11.6 Å². The fourth-order valence-electron chi connectivity index (χ4n) is 3.90. The van der Waals surface area contributed by atoms with E-state index in [9.17, 15) is 15.0 Å². The first-order chi connectivity index (χ1) is 14.5.